The summed E-state index contributed by atoms with van der Waals surface area (Å²) in [4.78, 5) is 21.2. The van der Waals surface area contributed by atoms with Gasteiger partial charge in [-0.3, -0.25) is 14.9 Å². The fourth-order valence-corrected chi connectivity index (χ4v) is 2.39. The standard InChI is InChI=1S/C13H14ClNO4/c14-10-4-3-9(8-11(10)15(18)19)2-1-5-13(6-7-13)12(16)17/h3-4,8H,1-2,5-7H2,(H,16,17). The third-order valence-corrected chi connectivity index (χ3v) is 3.95. The smallest absolute Gasteiger partial charge is 0.309 e. The molecule has 0 saturated heterocycles. The highest BCUT2D eigenvalue weighted by atomic mass is 35.5. The second kappa shape index (κ2) is 5.17. The first-order valence-electron chi connectivity index (χ1n) is 6.11. The summed E-state index contributed by atoms with van der Waals surface area (Å²) in [5, 5.41) is 19.9. The summed E-state index contributed by atoms with van der Waals surface area (Å²) >= 11 is 5.73. The van der Waals surface area contributed by atoms with E-state index in [-0.39, 0.29) is 10.7 Å². The third kappa shape index (κ3) is 3.04. The second-order valence-electron chi connectivity index (χ2n) is 4.98. The van der Waals surface area contributed by atoms with Gasteiger partial charge in [0.15, 0.2) is 0 Å². The highest BCUT2D eigenvalue weighted by Crippen LogP contribution is 2.50. The first-order valence-corrected chi connectivity index (χ1v) is 6.49. The molecule has 0 aliphatic heterocycles. The van der Waals surface area contributed by atoms with Crippen molar-refractivity contribution in [3.05, 3.63) is 38.9 Å². The Balaban J connectivity index is 1.95. The van der Waals surface area contributed by atoms with Gasteiger partial charge in [0.05, 0.1) is 10.3 Å². The minimum absolute atomic E-state index is 0.0986. The number of carboxylic acid groups (broad SMARTS) is 1. The first kappa shape index (κ1) is 13.8. The summed E-state index contributed by atoms with van der Waals surface area (Å²) in [6.07, 6.45) is 3.45. The molecule has 0 atom stereocenters. The highest BCUT2D eigenvalue weighted by molar-refractivity contribution is 6.32. The van der Waals surface area contributed by atoms with E-state index in [0.717, 1.165) is 18.4 Å². The van der Waals surface area contributed by atoms with Crippen LogP contribution in [0.15, 0.2) is 18.2 Å². The van der Waals surface area contributed by atoms with E-state index < -0.39 is 16.3 Å². The summed E-state index contributed by atoms with van der Waals surface area (Å²) in [5.41, 5.74) is 0.189. The van der Waals surface area contributed by atoms with Gasteiger partial charge in [0.2, 0.25) is 0 Å². The molecule has 1 fully saturated rings. The Morgan fingerprint density at radius 2 is 2.16 bits per heavy atom. The molecular weight excluding hydrogens is 270 g/mol. The molecule has 0 bridgehead atoms. The monoisotopic (exact) mass is 283 g/mol. The van der Waals surface area contributed by atoms with Gasteiger partial charge in [-0.05, 0) is 43.7 Å². The Kier molecular flexibility index (Phi) is 3.75. The van der Waals surface area contributed by atoms with Gasteiger partial charge < -0.3 is 5.11 Å². The van der Waals surface area contributed by atoms with E-state index in [2.05, 4.69) is 0 Å². The van der Waals surface area contributed by atoms with E-state index in [0.29, 0.717) is 19.3 Å². The van der Waals surface area contributed by atoms with E-state index in [9.17, 15) is 14.9 Å². The molecule has 1 N–H and O–H groups in total. The minimum Gasteiger partial charge on any atom is -0.481 e. The van der Waals surface area contributed by atoms with Crippen LogP contribution in [-0.4, -0.2) is 16.0 Å². The molecule has 0 aromatic heterocycles. The first-order chi connectivity index (χ1) is 8.94. The summed E-state index contributed by atoms with van der Waals surface area (Å²) < 4.78 is 0. The molecule has 2 rings (SSSR count). The predicted octanol–water partition coefficient (Wildman–Crippen LogP) is 3.44. The molecule has 0 amide bonds. The zero-order valence-corrected chi connectivity index (χ0v) is 11.0. The molecule has 1 aromatic rings. The summed E-state index contributed by atoms with van der Waals surface area (Å²) in [6, 6.07) is 4.72. The normalized spacial score (nSPS) is 16.1. The lowest BCUT2D eigenvalue weighted by Crippen LogP contribution is -2.14. The highest BCUT2D eigenvalue weighted by Gasteiger charge is 2.49. The van der Waals surface area contributed by atoms with Gasteiger partial charge in [-0.15, -0.1) is 0 Å². The lowest BCUT2D eigenvalue weighted by molar-refractivity contribution is -0.384. The summed E-state index contributed by atoms with van der Waals surface area (Å²) in [6.45, 7) is 0. The van der Waals surface area contributed by atoms with Crippen LogP contribution in [0.3, 0.4) is 0 Å². The lowest BCUT2D eigenvalue weighted by Gasteiger charge is -2.09. The predicted molar refractivity (Wildman–Crippen MR) is 70.3 cm³/mol. The topological polar surface area (TPSA) is 80.4 Å². The average Bonchev–Trinajstić information content (AvgIpc) is 3.12. The molecule has 1 aliphatic rings. The van der Waals surface area contributed by atoms with Crippen molar-refractivity contribution >= 4 is 23.3 Å². The quantitative estimate of drug-likeness (QED) is 0.640. The van der Waals surface area contributed by atoms with E-state index >= 15 is 0 Å². The van der Waals surface area contributed by atoms with Crippen molar-refractivity contribution in [1.82, 2.24) is 0 Å². The molecule has 1 aromatic carbocycles. The van der Waals surface area contributed by atoms with Crippen molar-refractivity contribution in [2.45, 2.75) is 32.1 Å². The van der Waals surface area contributed by atoms with Gasteiger partial charge in [-0.25, -0.2) is 0 Å². The van der Waals surface area contributed by atoms with Crippen LogP contribution >= 0.6 is 11.6 Å². The number of carboxylic acids is 1. The molecular formula is C13H14ClNO4. The average molecular weight is 284 g/mol. The maximum Gasteiger partial charge on any atom is 0.309 e. The third-order valence-electron chi connectivity index (χ3n) is 3.64. The number of hydrogen-bond donors (Lipinski definition) is 1. The van der Waals surface area contributed by atoms with Crippen LogP contribution < -0.4 is 0 Å². The van der Waals surface area contributed by atoms with E-state index in [1.165, 1.54) is 12.1 Å². The molecule has 102 valence electrons. The van der Waals surface area contributed by atoms with Gasteiger partial charge in [0.1, 0.15) is 5.02 Å². The van der Waals surface area contributed by atoms with Gasteiger partial charge in [-0.2, -0.15) is 0 Å². The molecule has 0 heterocycles. The molecule has 1 saturated carbocycles. The Bertz CT molecular complexity index is 525. The number of hydrogen-bond acceptors (Lipinski definition) is 3. The fraction of sp³-hybridized carbons (Fsp3) is 0.462. The van der Waals surface area contributed by atoms with Crippen LogP contribution in [0.2, 0.25) is 5.02 Å². The summed E-state index contributed by atoms with van der Waals surface area (Å²) in [5.74, 6) is -0.727. The maximum absolute atomic E-state index is 11.0. The largest absolute Gasteiger partial charge is 0.481 e. The zero-order valence-electron chi connectivity index (χ0n) is 10.3. The van der Waals surface area contributed by atoms with Crippen molar-refractivity contribution in [2.24, 2.45) is 5.41 Å². The Labute approximate surface area is 115 Å². The number of aryl methyl sites for hydroxylation is 1. The zero-order chi connectivity index (χ0) is 14.0. The van der Waals surface area contributed by atoms with Crippen LogP contribution in [0.4, 0.5) is 5.69 Å². The molecule has 0 spiro atoms. The van der Waals surface area contributed by atoms with E-state index in [1.54, 1.807) is 6.07 Å². The number of nitro benzene ring substituents is 1. The van der Waals surface area contributed by atoms with Crippen molar-refractivity contribution in [3.63, 3.8) is 0 Å². The number of nitrogens with zero attached hydrogens (tertiary/aromatic N) is 1. The Morgan fingerprint density at radius 3 is 2.68 bits per heavy atom. The molecule has 5 nitrogen and oxygen atoms in total. The number of nitro groups is 1. The van der Waals surface area contributed by atoms with E-state index in [1.807, 2.05) is 0 Å². The van der Waals surface area contributed by atoms with Crippen molar-refractivity contribution in [1.29, 1.82) is 0 Å². The fourth-order valence-electron chi connectivity index (χ4n) is 2.21. The summed E-state index contributed by atoms with van der Waals surface area (Å²) in [7, 11) is 0. The van der Waals surface area contributed by atoms with Crippen molar-refractivity contribution < 1.29 is 14.8 Å². The maximum atomic E-state index is 11.0. The molecule has 0 radical (unpaired) electrons. The SMILES string of the molecule is O=C(O)C1(CCCc2ccc(Cl)c([N+](=O)[O-])c2)CC1. The number of benzene rings is 1. The van der Waals surface area contributed by atoms with Gasteiger partial charge >= 0.3 is 5.97 Å². The van der Waals surface area contributed by atoms with Gasteiger partial charge in [0, 0.05) is 6.07 Å². The van der Waals surface area contributed by atoms with Crippen molar-refractivity contribution in [2.75, 3.05) is 0 Å². The molecule has 19 heavy (non-hydrogen) atoms. The van der Waals surface area contributed by atoms with Crippen LogP contribution in [0.25, 0.3) is 0 Å². The minimum atomic E-state index is -0.727. The molecule has 0 unspecified atom stereocenters. The van der Waals surface area contributed by atoms with Crippen LogP contribution in [0.1, 0.15) is 31.2 Å². The lowest BCUT2D eigenvalue weighted by atomic mass is 9.97. The number of halogens is 1. The van der Waals surface area contributed by atoms with Gasteiger partial charge in [-0.1, -0.05) is 17.7 Å². The second-order valence-corrected chi connectivity index (χ2v) is 5.39. The number of rotatable bonds is 6. The van der Waals surface area contributed by atoms with Crippen molar-refractivity contribution in [3.8, 4) is 0 Å². The number of carbonyl (C=O) groups is 1. The Hall–Kier alpha value is -1.62. The van der Waals surface area contributed by atoms with Crippen LogP contribution in [0.5, 0.6) is 0 Å². The number of aliphatic carboxylic acids is 1. The molecule has 1 aliphatic carbocycles. The van der Waals surface area contributed by atoms with E-state index in [4.69, 9.17) is 16.7 Å². The Morgan fingerprint density at radius 1 is 1.47 bits per heavy atom. The molecule has 6 heteroatoms. The van der Waals surface area contributed by atoms with Gasteiger partial charge in [0.25, 0.3) is 5.69 Å². The van der Waals surface area contributed by atoms with Crippen LogP contribution in [-0.2, 0) is 11.2 Å². The van der Waals surface area contributed by atoms with Crippen LogP contribution in [0, 0.1) is 15.5 Å².